The van der Waals surface area contributed by atoms with Crippen LogP contribution in [0.25, 0.3) is 10.1 Å². The van der Waals surface area contributed by atoms with Gasteiger partial charge in [-0.2, -0.15) is 0 Å². The van der Waals surface area contributed by atoms with Gasteiger partial charge in [-0.3, -0.25) is 4.90 Å². The molecule has 108 valence electrons. The Morgan fingerprint density at radius 2 is 2.05 bits per heavy atom. The van der Waals surface area contributed by atoms with Crippen LogP contribution in [0.4, 0.5) is 0 Å². The lowest BCUT2D eigenvalue weighted by atomic mass is 9.93. The largest absolute Gasteiger partial charge is 0.320 e. The van der Waals surface area contributed by atoms with E-state index in [1.165, 1.54) is 54.5 Å². The van der Waals surface area contributed by atoms with Gasteiger partial charge >= 0.3 is 0 Å². The predicted molar refractivity (Wildman–Crippen MR) is 88.4 cm³/mol. The lowest BCUT2D eigenvalue weighted by Gasteiger charge is -2.31. The van der Waals surface area contributed by atoms with Crippen LogP contribution in [-0.4, -0.2) is 31.6 Å². The maximum atomic E-state index is 3.27. The molecule has 0 unspecified atom stereocenters. The van der Waals surface area contributed by atoms with Gasteiger partial charge in [-0.05, 0) is 74.3 Å². The summed E-state index contributed by atoms with van der Waals surface area (Å²) in [6, 6.07) is 8.78. The van der Waals surface area contributed by atoms with Gasteiger partial charge in [0.2, 0.25) is 0 Å². The van der Waals surface area contributed by atoms with Crippen molar-refractivity contribution < 1.29 is 0 Å². The number of thiophene rings is 1. The van der Waals surface area contributed by atoms with Gasteiger partial charge < -0.3 is 5.32 Å². The minimum Gasteiger partial charge on any atom is -0.320 e. The Balaban J connectivity index is 1.57. The molecule has 0 aliphatic carbocycles. The second kappa shape index (κ2) is 6.70. The van der Waals surface area contributed by atoms with Gasteiger partial charge in [-0.15, -0.1) is 11.3 Å². The van der Waals surface area contributed by atoms with Crippen LogP contribution in [0, 0.1) is 5.92 Å². The Morgan fingerprint density at radius 1 is 1.25 bits per heavy atom. The van der Waals surface area contributed by atoms with Crippen molar-refractivity contribution in [3.8, 4) is 0 Å². The van der Waals surface area contributed by atoms with Gasteiger partial charge in [0, 0.05) is 11.2 Å². The van der Waals surface area contributed by atoms with Crippen LogP contribution in [0.5, 0.6) is 0 Å². The molecule has 2 heterocycles. The first-order chi connectivity index (χ1) is 9.86. The van der Waals surface area contributed by atoms with E-state index >= 15 is 0 Å². The fourth-order valence-corrected chi connectivity index (χ4v) is 4.13. The van der Waals surface area contributed by atoms with E-state index in [0.29, 0.717) is 0 Å². The van der Waals surface area contributed by atoms with Crippen LogP contribution >= 0.6 is 11.3 Å². The molecule has 0 saturated carbocycles. The van der Waals surface area contributed by atoms with Gasteiger partial charge in [0.25, 0.3) is 0 Å². The van der Waals surface area contributed by atoms with Gasteiger partial charge in [0.15, 0.2) is 0 Å². The summed E-state index contributed by atoms with van der Waals surface area (Å²) in [4.78, 5) is 2.63. The number of hydrogen-bond donors (Lipinski definition) is 1. The third-order valence-corrected chi connectivity index (χ3v) is 5.48. The van der Waals surface area contributed by atoms with Crippen LogP contribution in [0.3, 0.4) is 0 Å². The number of fused-ring (bicyclic) bond motifs is 1. The van der Waals surface area contributed by atoms with E-state index in [1.807, 2.05) is 11.3 Å². The summed E-state index contributed by atoms with van der Waals surface area (Å²) in [5.41, 5.74) is 1.51. The molecule has 2 aromatic rings. The van der Waals surface area contributed by atoms with E-state index in [4.69, 9.17) is 0 Å². The van der Waals surface area contributed by atoms with Crippen molar-refractivity contribution in [2.24, 2.45) is 5.92 Å². The van der Waals surface area contributed by atoms with Crippen LogP contribution in [-0.2, 0) is 6.54 Å². The second-order valence-corrected chi connectivity index (χ2v) is 6.78. The normalized spacial score (nSPS) is 17.9. The second-order valence-electron chi connectivity index (χ2n) is 5.87. The standard InChI is InChI=1S/C17H24N2S/c1-18-9-6-14-7-10-19(11-8-14)12-15-13-20-17-5-3-2-4-16(15)17/h2-5,13-14,18H,6-12H2,1H3. The molecule has 1 aromatic heterocycles. The van der Waals surface area contributed by atoms with E-state index < -0.39 is 0 Å². The number of benzene rings is 1. The fraction of sp³-hybridized carbons (Fsp3) is 0.529. The van der Waals surface area contributed by atoms with Crippen molar-refractivity contribution in [2.45, 2.75) is 25.8 Å². The predicted octanol–water partition coefficient (Wildman–Crippen LogP) is 3.72. The van der Waals surface area contributed by atoms with Crippen LogP contribution in [0.2, 0.25) is 0 Å². The first kappa shape index (κ1) is 14.1. The molecule has 2 nitrogen and oxygen atoms in total. The Morgan fingerprint density at radius 3 is 2.85 bits per heavy atom. The molecule has 1 aromatic carbocycles. The van der Waals surface area contributed by atoms with E-state index in [-0.39, 0.29) is 0 Å². The highest BCUT2D eigenvalue weighted by molar-refractivity contribution is 7.17. The number of rotatable bonds is 5. The molecule has 0 bridgehead atoms. The van der Waals surface area contributed by atoms with Crippen molar-refractivity contribution in [3.63, 3.8) is 0 Å². The quantitative estimate of drug-likeness (QED) is 0.902. The maximum absolute atomic E-state index is 3.27. The zero-order valence-electron chi connectivity index (χ0n) is 12.3. The number of nitrogens with zero attached hydrogens (tertiary/aromatic N) is 1. The Labute approximate surface area is 125 Å². The summed E-state index contributed by atoms with van der Waals surface area (Å²) in [6.07, 6.45) is 4.07. The average molecular weight is 288 g/mol. The molecule has 20 heavy (non-hydrogen) atoms. The number of piperidine rings is 1. The average Bonchev–Trinajstić information content (AvgIpc) is 2.90. The molecule has 1 aliphatic rings. The highest BCUT2D eigenvalue weighted by Gasteiger charge is 2.19. The fourth-order valence-electron chi connectivity index (χ4n) is 3.18. The number of likely N-dealkylation sites (tertiary alicyclic amines) is 1. The maximum Gasteiger partial charge on any atom is 0.0346 e. The summed E-state index contributed by atoms with van der Waals surface area (Å²) >= 11 is 1.88. The van der Waals surface area contributed by atoms with Crippen molar-refractivity contribution >= 4 is 21.4 Å². The minimum absolute atomic E-state index is 0.929. The van der Waals surface area contributed by atoms with Crippen molar-refractivity contribution in [2.75, 3.05) is 26.7 Å². The highest BCUT2D eigenvalue weighted by atomic mass is 32.1. The molecule has 0 spiro atoms. The molecule has 3 rings (SSSR count). The van der Waals surface area contributed by atoms with Crippen molar-refractivity contribution in [1.82, 2.24) is 10.2 Å². The summed E-state index contributed by atoms with van der Waals surface area (Å²) < 4.78 is 1.42. The number of hydrogen-bond acceptors (Lipinski definition) is 3. The Bertz CT molecular complexity index is 541. The van der Waals surface area contributed by atoms with E-state index in [0.717, 1.165) is 12.5 Å². The van der Waals surface area contributed by atoms with Crippen LogP contribution in [0.1, 0.15) is 24.8 Å². The third kappa shape index (κ3) is 3.22. The Kier molecular flexibility index (Phi) is 4.71. The molecule has 0 radical (unpaired) electrons. The van der Waals surface area contributed by atoms with Gasteiger partial charge in [-0.25, -0.2) is 0 Å². The minimum atomic E-state index is 0.929. The lowest BCUT2D eigenvalue weighted by Crippen LogP contribution is -2.34. The summed E-state index contributed by atoms with van der Waals surface area (Å²) in [5, 5.41) is 7.07. The molecular weight excluding hydrogens is 264 g/mol. The van der Waals surface area contributed by atoms with Crippen molar-refractivity contribution in [1.29, 1.82) is 0 Å². The summed E-state index contributed by atoms with van der Waals surface area (Å²) in [7, 11) is 2.05. The first-order valence-corrected chi connectivity index (χ1v) is 8.57. The molecule has 1 fully saturated rings. The zero-order valence-corrected chi connectivity index (χ0v) is 13.1. The van der Waals surface area contributed by atoms with Gasteiger partial charge in [0.05, 0.1) is 0 Å². The number of nitrogens with one attached hydrogen (secondary N) is 1. The van der Waals surface area contributed by atoms with Gasteiger partial charge in [-0.1, -0.05) is 18.2 Å². The monoisotopic (exact) mass is 288 g/mol. The van der Waals surface area contributed by atoms with Crippen molar-refractivity contribution in [3.05, 3.63) is 35.2 Å². The Hall–Kier alpha value is -0.900. The SMILES string of the molecule is CNCCC1CCN(Cc2csc3ccccc23)CC1. The molecule has 1 saturated heterocycles. The highest BCUT2D eigenvalue weighted by Crippen LogP contribution is 2.28. The van der Waals surface area contributed by atoms with Crippen LogP contribution < -0.4 is 5.32 Å². The summed E-state index contributed by atoms with van der Waals surface area (Å²) in [6.45, 7) is 4.82. The smallest absolute Gasteiger partial charge is 0.0346 e. The third-order valence-electron chi connectivity index (χ3n) is 4.46. The molecule has 0 amide bonds. The molecular formula is C17H24N2S. The molecule has 1 aliphatic heterocycles. The molecule has 3 heteroatoms. The summed E-state index contributed by atoms with van der Waals surface area (Å²) in [5.74, 6) is 0.929. The lowest BCUT2D eigenvalue weighted by molar-refractivity contribution is 0.173. The van der Waals surface area contributed by atoms with E-state index in [9.17, 15) is 0 Å². The zero-order chi connectivity index (χ0) is 13.8. The molecule has 0 atom stereocenters. The van der Waals surface area contributed by atoms with Crippen LogP contribution in [0.15, 0.2) is 29.6 Å². The van der Waals surface area contributed by atoms with Gasteiger partial charge in [0.1, 0.15) is 0 Å². The topological polar surface area (TPSA) is 15.3 Å². The first-order valence-electron chi connectivity index (χ1n) is 7.69. The van der Waals surface area contributed by atoms with E-state index in [2.05, 4.69) is 46.9 Å². The van der Waals surface area contributed by atoms with E-state index in [1.54, 1.807) is 0 Å². The molecule has 1 N–H and O–H groups in total.